The number of rotatable bonds is 6. The molecule has 0 bridgehead atoms. The largest absolute Gasteiger partial charge is 0.497 e. The van der Waals surface area contributed by atoms with Gasteiger partial charge in [-0.1, -0.05) is 43.7 Å². The molecule has 154 valence electrons. The number of carbonyl (C=O) groups is 2. The fourth-order valence-electron chi connectivity index (χ4n) is 3.74. The number of aryl methyl sites for hydroxylation is 1. The Balaban J connectivity index is 1.81. The number of benzene rings is 2. The summed E-state index contributed by atoms with van der Waals surface area (Å²) in [4.78, 5) is 27.8. The summed E-state index contributed by atoms with van der Waals surface area (Å²) >= 11 is 0. The summed E-state index contributed by atoms with van der Waals surface area (Å²) in [5.41, 5.74) is 2.89. The predicted octanol–water partition coefficient (Wildman–Crippen LogP) is 3.63. The number of amides is 2. The van der Waals surface area contributed by atoms with Gasteiger partial charge >= 0.3 is 0 Å². The van der Waals surface area contributed by atoms with E-state index in [4.69, 9.17) is 4.74 Å². The Morgan fingerprint density at radius 2 is 1.72 bits per heavy atom. The maximum Gasteiger partial charge on any atom is 0.253 e. The first kappa shape index (κ1) is 20.9. The van der Waals surface area contributed by atoms with E-state index in [0.29, 0.717) is 36.9 Å². The molecular weight excluding hydrogens is 364 g/mol. The van der Waals surface area contributed by atoms with Crippen LogP contribution in [0.3, 0.4) is 0 Å². The van der Waals surface area contributed by atoms with Crippen LogP contribution in [-0.2, 0) is 4.79 Å². The van der Waals surface area contributed by atoms with E-state index in [2.05, 4.69) is 43.4 Å². The monoisotopic (exact) mass is 394 g/mol. The van der Waals surface area contributed by atoms with Crippen molar-refractivity contribution in [2.45, 2.75) is 26.7 Å². The van der Waals surface area contributed by atoms with E-state index < -0.39 is 0 Å². The molecule has 1 aliphatic heterocycles. The van der Waals surface area contributed by atoms with E-state index in [1.165, 1.54) is 5.56 Å². The van der Waals surface area contributed by atoms with Crippen LogP contribution in [0.2, 0.25) is 0 Å². The van der Waals surface area contributed by atoms with Crippen LogP contribution in [0.25, 0.3) is 0 Å². The Morgan fingerprint density at radius 1 is 1.07 bits per heavy atom. The third kappa shape index (κ3) is 4.97. The van der Waals surface area contributed by atoms with Crippen molar-refractivity contribution in [3.05, 3.63) is 65.2 Å². The molecule has 2 atom stereocenters. The van der Waals surface area contributed by atoms with Crippen LogP contribution in [0.5, 0.6) is 5.75 Å². The summed E-state index contributed by atoms with van der Waals surface area (Å²) < 4.78 is 5.18. The van der Waals surface area contributed by atoms with Crippen LogP contribution in [0.15, 0.2) is 48.5 Å². The SMILES string of the molecule is COc1ccc(C(=O)N2C[C@H](c3ccc(C)cc3)[C@H](C(=O)NCC(C)C)C2)cc1. The van der Waals surface area contributed by atoms with Crippen molar-refractivity contribution in [3.63, 3.8) is 0 Å². The van der Waals surface area contributed by atoms with Gasteiger partial charge in [0.25, 0.3) is 5.91 Å². The summed E-state index contributed by atoms with van der Waals surface area (Å²) in [6, 6.07) is 15.4. The highest BCUT2D eigenvalue weighted by Crippen LogP contribution is 2.34. The average Bonchev–Trinajstić information content (AvgIpc) is 3.17. The Hall–Kier alpha value is -2.82. The summed E-state index contributed by atoms with van der Waals surface area (Å²) in [5.74, 6) is 0.809. The van der Waals surface area contributed by atoms with E-state index in [9.17, 15) is 9.59 Å². The van der Waals surface area contributed by atoms with Crippen LogP contribution in [0.4, 0.5) is 0 Å². The fourth-order valence-corrected chi connectivity index (χ4v) is 3.74. The molecule has 1 heterocycles. The average molecular weight is 395 g/mol. The van der Waals surface area contributed by atoms with Crippen LogP contribution in [-0.4, -0.2) is 43.5 Å². The molecule has 0 unspecified atom stereocenters. The molecule has 2 aromatic rings. The standard InChI is InChI=1S/C24H30N2O3/c1-16(2)13-25-23(27)22-15-26(14-21(22)18-7-5-17(3)6-8-18)24(28)19-9-11-20(29-4)12-10-19/h5-12,16,21-22H,13-15H2,1-4H3,(H,25,27)/t21-,22-/m1/s1. The first-order valence-electron chi connectivity index (χ1n) is 10.2. The van der Waals surface area contributed by atoms with Gasteiger partial charge in [0, 0.05) is 31.1 Å². The summed E-state index contributed by atoms with van der Waals surface area (Å²) in [6.07, 6.45) is 0. The fraction of sp³-hybridized carbons (Fsp3) is 0.417. The quantitative estimate of drug-likeness (QED) is 0.814. The van der Waals surface area contributed by atoms with Crippen molar-refractivity contribution in [3.8, 4) is 5.75 Å². The van der Waals surface area contributed by atoms with Gasteiger partial charge in [-0.05, 0) is 42.7 Å². The van der Waals surface area contributed by atoms with Crippen LogP contribution >= 0.6 is 0 Å². The molecule has 1 aliphatic rings. The maximum absolute atomic E-state index is 13.1. The van der Waals surface area contributed by atoms with Crippen LogP contribution in [0.1, 0.15) is 41.3 Å². The Kier molecular flexibility index (Phi) is 6.57. The Bertz CT molecular complexity index is 843. The van der Waals surface area contributed by atoms with Gasteiger partial charge < -0.3 is 15.0 Å². The molecular formula is C24H30N2O3. The van der Waals surface area contributed by atoms with Gasteiger partial charge in [-0.3, -0.25) is 9.59 Å². The molecule has 1 fully saturated rings. The van der Waals surface area contributed by atoms with E-state index >= 15 is 0 Å². The summed E-state index contributed by atoms with van der Waals surface area (Å²) in [6.45, 7) is 7.80. The van der Waals surface area contributed by atoms with E-state index in [0.717, 1.165) is 5.56 Å². The molecule has 0 saturated carbocycles. The van der Waals surface area contributed by atoms with Crippen molar-refractivity contribution in [2.75, 3.05) is 26.7 Å². The zero-order valence-corrected chi connectivity index (χ0v) is 17.6. The molecule has 2 amide bonds. The highest BCUT2D eigenvalue weighted by atomic mass is 16.5. The lowest BCUT2D eigenvalue weighted by Crippen LogP contribution is -2.37. The third-order valence-corrected chi connectivity index (χ3v) is 5.47. The topological polar surface area (TPSA) is 58.6 Å². The van der Waals surface area contributed by atoms with Gasteiger partial charge in [0.2, 0.25) is 5.91 Å². The zero-order valence-electron chi connectivity index (χ0n) is 17.6. The summed E-state index contributed by atoms with van der Waals surface area (Å²) in [7, 11) is 1.60. The van der Waals surface area contributed by atoms with Gasteiger partial charge in [0.1, 0.15) is 5.75 Å². The second-order valence-electron chi connectivity index (χ2n) is 8.20. The van der Waals surface area contributed by atoms with Crippen LogP contribution < -0.4 is 10.1 Å². The van der Waals surface area contributed by atoms with E-state index in [1.807, 2.05) is 6.92 Å². The lowest BCUT2D eigenvalue weighted by Gasteiger charge is -2.19. The van der Waals surface area contributed by atoms with E-state index in [-0.39, 0.29) is 23.7 Å². The Morgan fingerprint density at radius 3 is 2.31 bits per heavy atom. The van der Waals surface area contributed by atoms with E-state index in [1.54, 1.807) is 36.3 Å². The third-order valence-electron chi connectivity index (χ3n) is 5.47. The Labute approximate surface area is 173 Å². The number of hydrogen-bond donors (Lipinski definition) is 1. The van der Waals surface area contributed by atoms with Crippen molar-refractivity contribution < 1.29 is 14.3 Å². The van der Waals surface area contributed by atoms with Gasteiger partial charge in [-0.2, -0.15) is 0 Å². The number of hydrogen-bond acceptors (Lipinski definition) is 3. The maximum atomic E-state index is 13.1. The molecule has 29 heavy (non-hydrogen) atoms. The van der Waals surface area contributed by atoms with Crippen molar-refractivity contribution in [1.82, 2.24) is 10.2 Å². The molecule has 3 rings (SSSR count). The van der Waals surface area contributed by atoms with Crippen LogP contribution in [0, 0.1) is 18.8 Å². The molecule has 1 N–H and O–H groups in total. The second kappa shape index (κ2) is 9.12. The normalized spacial score (nSPS) is 18.7. The lowest BCUT2D eigenvalue weighted by atomic mass is 9.88. The number of nitrogens with zero attached hydrogens (tertiary/aromatic N) is 1. The summed E-state index contributed by atoms with van der Waals surface area (Å²) in [5, 5.41) is 3.06. The van der Waals surface area contributed by atoms with Gasteiger partial charge in [0.05, 0.1) is 13.0 Å². The lowest BCUT2D eigenvalue weighted by molar-refractivity contribution is -0.125. The van der Waals surface area contributed by atoms with Crippen molar-refractivity contribution in [1.29, 1.82) is 0 Å². The molecule has 1 saturated heterocycles. The minimum Gasteiger partial charge on any atom is -0.497 e. The molecule has 5 heteroatoms. The van der Waals surface area contributed by atoms with Gasteiger partial charge in [0.15, 0.2) is 0 Å². The smallest absolute Gasteiger partial charge is 0.253 e. The zero-order chi connectivity index (χ0) is 21.0. The molecule has 5 nitrogen and oxygen atoms in total. The first-order valence-corrected chi connectivity index (χ1v) is 10.2. The molecule has 2 aromatic carbocycles. The first-order chi connectivity index (χ1) is 13.9. The molecule has 0 aliphatic carbocycles. The molecule has 0 spiro atoms. The number of ether oxygens (including phenoxy) is 1. The van der Waals surface area contributed by atoms with Crippen molar-refractivity contribution >= 4 is 11.8 Å². The highest BCUT2D eigenvalue weighted by molar-refractivity contribution is 5.95. The minimum absolute atomic E-state index is 0.00930. The highest BCUT2D eigenvalue weighted by Gasteiger charge is 2.40. The van der Waals surface area contributed by atoms with Gasteiger partial charge in [-0.15, -0.1) is 0 Å². The number of nitrogens with one attached hydrogen (secondary N) is 1. The number of methoxy groups -OCH3 is 1. The van der Waals surface area contributed by atoms with Crippen molar-refractivity contribution in [2.24, 2.45) is 11.8 Å². The number of carbonyl (C=O) groups excluding carboxylic acids is 2. The predicted molar refractivity (Wildman–Crippen MR) is 114 cm³/mol. The van der Waals surface area contributed by atoms with Gasteiger partial charge in [-0.25, -0.2) is 0 Å². The molecule has 0 radical (unpaired) electrons. The minimum atomic E-state index is -0.251. The second-order valence-corrected chi connectivity index (χ2v) is 8.20. The number of likely N-dealkylation sites (tertiary alicyclic amines) is 1. The molecule has 0 aromatic heterocycles.